The number of pyridine rings is 2. The molecule has 0 aliphatic carbocycles. The van der Waals surface area contributed by atoms with Crippen LogP contribution in [-0.2, 0) is 0 Å². The highest BCUT2D eigenvalue weighted by molar-refractivity contribution is 14.1. The number of halogens is 3. The first-order valence-electron chi connectivity index (χ1n) is 6.70. The van der Waals surface area contributed by atoms with Gasteiger partial charge in [0.25, 0.3) is 0 Å². The Morgan fingerprint density at radius 3 is 1.96 bits per heavy atom. The van der Waals surface area contributed by atoms with Gasteiger partial charge in [-0.2, -0.15) is 15.4 Å². The van der Waals surface area contributed by atoms with E-state index in [9.17, 15) is 0 Å². The topological polar surface area (TPSA) is 98.1 Å². The highest BCUT2D eigenvalue weighted by Gasteiger charge is 1.96. The fourth-order valence-corrected chi connectivity index (χ4v) is 2.15. The van der Waals surface area contributed by atoms with Gasteiger partial charge < -0.3 is 0 Å². The summed E-state index contributed by atoms with van der Waals surface area (Å²) in [5.41, 5.74) is 0. The second-order valence-electron chi connectivity index (χ2n) is 4.14. The van der Waals surface area contributed by atoms with Gasteiger partial charge in [0.15, 0.2) is 5.82 Å². The highest BCUT2D eigenvalue weighted by atomic mass is 127. The molecule has 11 heteroatoms. The van der Waals surface area contributed by atoms with Gasteiger partial charge in [-0.15, -0.1) is 5.10 Å². The minimum absolute atomic E-state index is 0.760. The van der Waals surface area contributed by atoms with Gasteiger partial charge in [0.2, 0.25) is 0 Å². The van der Waals surface area contributed by atoms with Gasteiger partial charge in [-0.25, -0.2) is 14.6 Å². The fourth-order valence-electron chi connectivity index (χ4n) is 1.36. The van der Waals surface area contributed by atoms with E-state index in [0.29, 0.717) is 0 Å². The van der Waals surface area contributed by atoms with Crippen molar-refractivity contribution in [1.29, 1.82) is 0 Å². The number of hydrogen-bond acceptors (Lipinski definition) is 6. The van der Waals surface area contributed by atoms with Gasteiger partial charge >= 0.3 is 0 Å². The Morgan fingerprint density at radius 1 is 0.880 bits per heavy atom. The Labute approximate surface area is 173 Å². The van der Waals surface area contributed by atoms with Gasteiger partial charge in [-0.1, -0.05) is 5.21 Å². The molecule has 4 aromatic rings. The molecule has 128 valence electrons. The van der Waals surface area contributed by atoms with E-state index < -0.39 is 0 Å². The van der Waals surface area contributed by atoms with Crippen LogP contribution in [-0.4, -0.2) is 40.4 Å². The van der Waals surface area contributed by atoms with Crippen molar-refractivity contribution >= 4 is 54.5 Å². The monoisotopic (exact) mass is 576 g/mol. The molecule has 0 atom stereocenters. The van der Waals surface area contributed by atoms with Crippen molar-refractivity contribution in [3.8, 4) is 5.82 Å². The maximum absolute atomic E-state index is 4.13. The van der Waals surface area contributed by atoms with Crippen LogP contribution >= 0.6 is 54.5 Å². The predicted molar refractivity (Wildman–Crippen MR) is 108 cm³/mol. The molecule has 0 aliphatic rings. The average molecular weight is 578 g/mol. The first kappa shape index (κ1) is 19.6. The molecular weight excluding hydrogens is 567 g/mol. The molecule has 1 N–H and O–H groups in total. The highest BCUT2D eigenvalue weighted by Crippen LogP contribution is 2.09. The summed E-state index contributed by atoms with van der Waals surface area (Å²) in [6.07, 6.45) is 10.0. The van der Waals surface area contributed by atoms with Crippen LogP contribution in [0.25, 0.3) is 5.82 Å². The van der Waals surface area contributed by atoms with Crippen LogP contribution in [0.2, 0.25) is 0 Å². The van der Waals surface area contributed by atoms with Gasteiger partial charge in [0, 0.05) is 21.3 Å². The van der Waals surface area contributed by atoms with E-state index in [1.807, 2.05) is 24.3 Å². The summed E-state index contributed by atoms with van der Waals surface area (Å²) in [6.45, 7) is 0. The maximum atomic E-state index is 4.13. The summed E-state index contributed by atoms with van der Waals surface area (Å²) in [4.78, 5) is 8.15. The first-order chi connectivity index (χ1) is 12.1. The summed E-state index contributed by atoms with van der Waals surface area (Å²) >= 11 is 8.75. The quantitative estimate of drug-likeness (QED) is 0.274. The average Bonchev–Trinajstić information content (AvgIpc) is 3.35. The zero-order valence-corrected chi connectivity index (χ0v) is 17.9. The molecule has 0 bridgehead atoms. The molecule has 0 saturated carbocycles. The number of H-pyrrole nitrogens is 1. The van der Waals surface area contributed by atoms with Crippen molar-refractivity contribution in [1.82, 2.24) is 40.4 Å². The molecule has 0 spiro atoms. The van der Waals surface area contributed by atoms with E-state index in [0.717, 1.165) is 18.5 Å². The third-order valence-electron chi connectivity index (χ3n) is 2.39. The zero-order valence-electron chi connectivity index (χ0n) is 12.5. The second kappa shape index (κ2) is 11.0. The fraction of sp³-hybridized carbons (Fsp3) is 0. The maximum Gasteiger partial charge on any atom is 0.155 e. The first-order valence-corrected chi connectivity index (χ1v) is 9.36. The number of nitrogens with one attached hydrogen (secondary N) is 1. The number of aromatic nitrogens is 8. The summed E-state index contributed by atoms with van der Waals surface area (Å²) in [5.74, 6) is 0.760. The van der Waals surface area contributed by atoms with Gasteiger partial charge in [0.1, 0.15) is 3.70 Å². The van der Waals surface area contributed by atoms with Crippen molar-refractivity contribution in [2.45, 2.75) is 0 Å². The lowest BCUT2D eigenvalue weighted by Crippen LogP contribution is -1.97. The molecule has 4 rings (SSSR count). The molecule has 8 nitrogen and oxygen atoms in total. The Hall–Kier alpha value is -1.73. The van der Waals surface area contributed by atoms with E-state index in [1.54, 1.807) is 41.9 Å². The van der Waals surface area contributed by atoms with Crippen molar-refractivity contribution in [2.75, 3.05) is 0 Å². The number of hydrogen-bond donors (Lipinski definition) is 1. The van der Waals surface area contributed by atoms with E-state index in [-0.39, 0.29) is 0 Å². The van der Waals surface area contributed by atoms with Gasteiger partial charge in [-0.3, -0.25) is 0 Å². The van der Waals surface area contributed by atoms with E-state index in [2.05, 4.69) is 90.1 Å². The minimum Gasteiger partial charge on any atom is -0.249 e. The minimum atomic E-state index is 0.760. The molecule has 0 aliphatic heterocycles. The van der Waals surface area contributed by atoms with Gasteiger partial charge in [-0.05, 0) is 78.7 Å². The summed E-state index contributed by atoms with van der Waals surface area (Å²) in [5, 5.41) is 16.8. The number of rotatable bonds is 1. The van der Waals surface area contributed by atoms with E-state index >= 15 is 0 Å². The third-order valence-corrected chi connectivity index (χ3v) is 3.97. The number of nitrogens with zero attached hydrogens (tertiary/aromatic N) is 7. The molecule has 0 saturated heterocycles. The molecule has 0 fully saturated rings. The smallest absolute Gasteiger partial charge is 0.155 e. The van der Waals surface area contributed by atoms with Crippen LogP contribution in [0.3, 0.4) is 0 Å². The van der Waals surface area contributed by atoms with Crippen LogP contribution in [0.1, 0.15) is 0 Å². The van der Waals surface area contributed by atoms with Crippen LogP contribution in [0.4, 0.5) is 0 Å². The van der Waals surface area contributed by atoms with Crippen LogP contribution in [0, 0.1) is 3.70 Å². The molecule has 25 heavy (non-hydrogen) atoms. The standard InChI is InChI=1S/C7H5BrN4.C5H3BrIN.C2H3N3/c8-6-1-2-7(9-5-6)12-4-3-10-11-12;6-4-1-2-5(7)8-3-4;1-2-4-5-3-1/h1-5H;1-3H;1-2H,(H,3,4,5). The van der Waals surface area contributed by atoms with Crippen LogP contribution < -0.4 is 0 Å². The van der Waals surface area contributed by atoms with Crippen molar-refractivity contribution in [2.24, 2.45) is 0 Å². The molecule has 0 aromatic carbocycles. The normalized spacial score (nSPS) is 9.40. The Kier molecular flexibility index (Phi) is 8.62. The molecule has 0 amide bonds. The van der Waals surface area contributed by atoms with E-state index in [4.69, 9.17) is 0 Å². The molecule has 0 radical (unpaired) electrons. The Balaban J connectivity index is 0.000000149. The van der Waals surface area contributed by atoms with Crippen LogP contribution in [0.15, 0.2) is 70.4 Å². The lowest BCUT2D eigenvalue weighted by atomic mass is 10.5. The predicted octanol–water partition coefficient (Wildman–Crippen LogP) is 3.68. The molecule has 4 aromatic heterocycles. The van der Waals surface area contributed by atoms with Crippen molar-refractivity contribution in [3.05, 3.63) is 74.1 Å². The SMILES string of the molecule is Brc1ccc(-n2ccnn2)nc1.Brc1ccc(I)nc1.c1cn[nH]n1. The van der Waals surface area contributed by atoms with Gasteiger partial charge in [0.05, 0.1) is 24.8 Å². The Morgan fingerprint density at radius 2 is 1.56 bits per heavy atom. The summed E-state index contributed by atoms with van der Waals surface area (Å²) < 4.78 is 4.60. The van der Waals surface area contributed by atoms with E-state index in [1.165, 1.54) is 0 Å². The largest absolute Gasteiger partial charge is 0.249 e. The summed E-state index contributed by atoms with van der Waals surface area (Å²) in [7, 11) is 0. The van der Waals surface area contributed by atoms with Crippen molar-refractivity contribution in [3.63, 3.8) is 0 Å². The lowest BCUT2D eigenvalue weighted by Gasteiger charge is -1.96. The number of aromatic amines is 1. The molecule has 4 heterocycles. The van der Waals surface area contributed by atoms with Crippen LogP contribution in [0.5, 0.6) is 0 Å². The molecule has 0 unspecified atom stereocenters. The third kappa shape index (κ3) is 7.79. The lowest BCUT2D eigenvalue weighted by molar-refractivity contribution is 0.781. The van der Waals surface area contributed by atoms with Crippen molar-refractivity contribution < 1.29 is 0 Å². The molecular formula is C14H11Br2IN8. The zero-order chi connectivity index (χ0) is 17.9. The second-order valence-corrected chi connectivity index (χ2v) is 7.07. The summed E-state index contributed by atoms with van der Waals surface area (Å²) in [6, 6.07) is 7.68. The Bertz CT molecular complexity index is 782.